The van der Waals surface area contributed by atoms with Gasteiger partial charge in [-0.05, 0) is 44.2 Å². The molecule has 0 aromatic carbocycles. The summed E-state index contributed by atoms with van der Waals surface area (Å²) in [5, 5.41) is 7.09. The van der Waals surface area contributed by atoms with Crippen molar-refractivity contribution in [1.29, 1.82) is 0 Å². The molecule has 0 radical (unpaired) electrons. The number of nitrogens with zero attached hydrogens (tertiary/aromatic N) is 4. The van der Waals surface area contributed by atoms with Crippen molar-refractivity contribution in [3.63, 3.8) is 0 Å². The molecule has 1 aliphatic carbocycles. The summed E-state index contributed by atoms with van der Waals surface area (Å²) in [6.45, 7) is 1.84. The smallest absolute Gasteiger partial charge is 0.289 e. The summed E-state index contributed by atoms with van der Waals surface area (Å²) in [5.41, 5.74) is 0. The Morgan fingerprint density at radius 3 is 3.00 bits per heavy atom. The normalized spacial score (nSPS) is 23.7. The minimum absolute atomic E-state index is 0.0422. The Morgan fingerprint density at radius 1 is 1.22 bits per heavy atom. The molecular weight excluding hydrogens is 346 g/mol. The van der Waals surface area contributed by atoms with E-state index in [0.29, 0.717) is 24.6 Å². The van der Waals surface area contributed by atoms with Crippen molar-refractivity contribution < 1.29 is 14.0 Å². The fourth-order valence-corrected chi connectivity index (χ4v) is 4.16. The van der Waals surface area contributed by atoms with E-state index in [-0.39, 0.29) is 23.8 Å². The highest BCUT2D eigenvalue weighted by molar-refractivity contribution is 5.92. The van der Waals surface area contributed by atoms with Gasteiger partial charge in [-0.15, -0.1) is 0 Å². The summed E-state index contributed by atoms with van der Waals surface area (Å²) < 4.78 is 7.44. The van der Waals surface area contributed by atoms with Gasteiger partial charge in [0.05, 0.1) is 5.92 Å². The van der Waals surface area contributed by atoms with Crippen LogP contribution in [0.3, 0.4) is 0 Å². The molecule has 2 atom stereocenters. The molecule has 2 fully saturated rings. The van der Waals surface area contributed by atoms with Crippen molar-refractivity contribution in [1.82, 2.24) is 25.0 Å². The van der Waals surface area contributed by atoms with Crippen molar-refractivity contribution in [2.45, 2.75) is 51.1 Å². The molecule has 2 unspecified atom stereocenters. The van der Waals surface area contributed by atoms with Crippen LogP contribution in [-0.4, -0.2) is 50.6 Å². The van der Waals surface area contributed by atoms with E-state index >= 15 is 0 Å². The van der Waals surface area contributed by atoms with Gasteiger partial charge in [0.2, 0.25) is 5.91 Å². The van der Waals surface area contributed by atoms with Gasteiger partial charge < -0.3 is 14.6 Å². The first-order valence-electron chi connectivity index (χ1n) is 9.72. The Labute approximate surface area is 157 Å². The zero-order chi connectivity index (χ0) is 18.6. The highest BCUT2D eigenvalue weighted by Crippen LogP contribution is 2.32. The second-order valence-electron chi connectivity index (χ2n) is 7.31. The van der Waals surface area contributed by atoms with Gasteiger partial charge in [-0.1, -0.05) is 6.42 Å². The average molecular weight is 371 g/mol. The lowest BCUT2D eigenvalue weighted by Gasteiger charge is -2.33. The van der Waals surface area contributed by atoms with Gasteiger partial charge in [0.15, 0.2) is 5.76 Å². The summed E-state index contributed by atoms with van der Waals surface area (Å²) in [7, 11) is 0. The molecule has 4 rings (SSSR count). The lowest BCUT2D eigenvalue weighted by molar-refractivity contribution is -0.126. The van der Waals surface area contributed by atoms with Crippen molar-refractivity contribution in [2.75, 3.05) is 13.1 Å². The molecule has 0 bridgehead atoms. The Hall–Kier alpha value is -2.64. The number of aromatic nitrogens is 3. The third-order valence-electron chi connectivity index (χ3n) is 5.51. The second kappa shape index (κ2) is 7.94. The van der Waals surface area contributed by atoms with E-state index in [1.807, 2.05) is 4.90 Å². The van der Waals surface area contributed by atoms with Crippen molar-refractivity contribution in [3.8, 4) is 0 Å². The number of carbonyl (C=O) groups is 2. The fourth-order valence-electron chi connectivity index (χ4n) is 4.16. The molecule has 1 saturated carbocycles. The quantitative estimate of drug-likeness (QED) is 0.888. The lowest BCUT2D eigenvalue weighted by Crippen LogP contribution is -2.48. The molecule has 0 spiro atoms. The van der Waals surface area contributed by atoms with Crippen LogP contribution in [-0.2, 0) is 11.3 Å². The van der Waals surface area contributed by atoms with Gasteiger partial charge >= 0.3 is 0 Å². The van der Waals surface area contributed by atoms with E-state index in [1.165, 1.54) is 6.33 Å². The van der Waals surface area contributed by atoms with Crippen LogP contribution < -0.4 is 5.32 Å². The zero-order valence-electron chi connectivity index (χ0n) is 15.3. The zero-order valence-corrected chi connectivity index (χ0v) is 15.3. The minimum Gasteiger partial charge on any atom is -0.454 e. The van der Waals surface area contributed by atoms with Crippen LogP contribution in [0.2, 0.25) is 0 Å². The van der Waals surface area contributed by atoms with Crippen LogP contribution in [0.1, 0.15) is 54.8 Å². The standard InChI is InChI=1S/C19H25N5O3/c25-18-15-5-4-6-16(15)24(10-3-1-2-9-21-18)19(26)17-8-7-14(27-17)11-23-13-20-12-22-23/h7-8,12-13,15-16H,1-6,9-11H2,(H,21,25). The van der Waals surface area contributed by atoms with Gasteiger partial charge in [-0.25, -0.2) is 9.67 Å². The number of nitrogens with one attached hydrogen (secondary N) is 1. The van der Waals surface area contributed by atoms with Gasteiger partial charge in [0.1, 0.15) is 25.0 Å². The Balaban J connectivity index is 1.52. The molecular formula is C19H25N5O3. The molecule has 3 heterocycles. The topological polar surface area (TPSA) is 93.3 Å². The van der Waals surface area contributed by atoms with Crippen molar-refractivity contribution in [3.05, 3.63) is 36.3 Å². The van der Waals surface area contributed by atoms with Gasteiger partial charge in [-0.2, -0.15) is 5.10 Å². The van der Waals surface area contributed by atoms with Crippen LogP contribution in [0.5, 0.6) is 0 Å². The summed E-state index contributed by atoms with van der Waals surface area (Å²) in [6, 6.07) is 3.48. The molecule has 1 aliphatic heterocycles. The molecule has 8 heteroatoms. The van der Waals surface area contributed by atoms with Crippen LogP contribution in [0.15, 0.2) is 29.2 Å². The molecule has 1 saturated heterocycles. The highest BCUT2D eigenvalue weighted by atomic mass is 16.4. The number of hydrogen-bond acceptors (Lipinski definition) is 5. The largest absolute Gasteiger partial charge is 0.454 e. The first-order valence-corrected chi connectivity index (χ1v) is 9.72. The van der Waals surface area contributed by atoms with Crippen LogP contribution in [0, 0.1) is 5.92 Å². The summed E-state index contributed by atoms with van der Waals surface area (Å²) in [4.78, 5) is 31.5. The third kappa shape index (κ3) is 3.89. The first-order chi connectivity index (χ1) is 13.2. The van der Waals surface area contributed by atoms with Crippen LogP contribution in [0.25, 0.3) is 0 Å². The van der Waals surface area contributed by atoms with Crippen LogP contribution in [0.4, 0.5) is 0 Å². The van der Waals surface area contributed by atoms with E-state index < -0.39 is 0 Å². The Kier molecular flexibility index (Phi) is 5.22. The SMILES string of the molecule is O=C1NCCCCCN(C(=O)c2ccc(Cn3cncn3)o2)C2CCCC12. The number of hydrogen-bond donors (Lipinski definition) is 1. The maximum atomic E-state index is 13.2. The maximum Gasteiger partial charge on any atom is 0.289 e. The van der Waals surface area contributed by atoms with Crippen LogP contribution >= 0.6 is 0 Å². The number of rotatable bonds is 3. The summed E-state index contributed by atoms with van der Waals surface area (Å²) >= 11 is 0. The molecule has 27 heavy (non-hydrogen) atoms. The van der Waals surface area contributed by atoms with Crippen molar-refractivity contribution in [2.24, 2.45) is 5.92 Å². The van der Waals surface area contributed by atoms with Gasteiger partial charge in [0.25, 0.3) is 5.91 Å². The van der Waals surface area contributed by atoms with Gasteiger partial charge in [-0.3, -0.25) is 9.59 Å². The molecule has 2 aliphatic rings. The lowest BCUT2D eigenvalue weighted by atomic mass is 9.99. The molecule has 144 valence electrons. The predicted molar refractivity (Wildman–Crippen MR) is 96.9 cm³/mol. The number of fused-ring (bicyclic) bond motifs is 1. The predicted octanol–water partition coefficient (Wildman–Crippen LogP) is 1.83. The van der Waals surface area contributed by atoms with Crippen molar-refractivity contribution >= 4 is 11.8 Å². The summed E-state index contributed by atoms with van der Waals surface area (Å²) in [6.07, 6.45) is 8.65. The third-order valence-corrected chi connectivity index (χ3v) is 5.51. The highest BCUT2D eigenvalue weighted by Gasteiger charge is 2.39. The molecule has 2 amide bonds. The van der Waals surface area contributed by atoms with E-state index in [2.05, 4.69) is 15.4 Å². The molecule has 8 nitrogen and oxygen atoms in total. The maximum absolute atomic E-state index is 13.2. The second-order valence-corrected chi connectivity index (χ2v) is 7.31. The Morgan fingerprint density at radius 2 is 2.15 bits per heavy atom. The minimum atomic E-state index is -0.120. The molecule has 2 aromatic heterocycles. The van der Waals surface area contributed by atoms with Gasteiger partial charge in [0, 0.05) is 19.1 Å². The Bertz CT molecular complexity index is 785. The first kappa shape index (κ1) is 17.8. The molecule has 2 aromatic rings. The summed E-state index contributed by atoms with van der Waals surface area (Å²) in [5.74, 6) is 0.837. The molecule has 1 N–H and O–H groups in total. The van der Waals surface area contributed by atoms with E-state index in [9.17, 15) is 9.59 Å². The number of carbonyl (C=O) groups excluding carboxylic acids is 2. The van der Waals surface area contributed by atoms with E-state index in [1.54, 1.807) is 23.1 Å². The number of furan rings is 1. The van der Waals surface area contributed by atoms with E-state index in [4.69, 9.17) is 4.42 Å². The fraction of sp³-hybridized carbons (Fsp3) is 0.579. The average Bonchev–Trinajstić information content (AvgIpc) is 3.42. The van der Waals surface area contributed by atoms with E-state index in [0.717, 1.165) is 45.1 Å². The monoisotopic (exact) mass is 371 g/mol. The number of amides is 2.